The molecule has 3 saturated heterocycles. The summed E-state index contributed by atoms with van der Waals surface area (Å²) in [5.74, 6) is 1.87. The first-order chi connectivity index (χ1) is 9.21. The predicted molar refractivity (Wildman–Crippen MR) is 71.7 cm³/mol. The third kappa shape index (κ3) is 1.76. The van der Waals surface area contributed by atoms with Crippen LogP contribution >= 0.6 is 0 Å². The number of fused-ring (bicyclic) bond motifs is 1. The lowest BCUT2D eigenvalue weighted by Crippen LogP contribution is -2.54. The van der Waals surface area contributed by atoms with E-state index in [9.17, 15) is 4.79 Å². The van der Waals surface area contributed by atoms with E-state index in [1.54, 1.807) is 0 Å². The molecule has 1 amide bonds. The van der Waals surface area contributed by atoms with Crippen LogP contribution in [0, 0.1) is 17.8 Å². The Balaban J connectivity index is 1.49. The first-order valence-electron chi connectivity index (χ1n) is 7.79. The van der Waals surface area contributed by atoms with Crippen LogP contribution in [0.15, 0.2) is 0 Å². The fourth-order valence-electron chi connectivity index (χ4n) is 4.62. The highest BCUT2D eigenvalue weighted by molar-refractivity contribution is 5.83. The Bertz CT molecular complexity index is 380. The van der Waals surface area contributed by atoms with Gasteiger partial charge in [-0.1, -0.05) is 0 Å². The molecule has 4 nitrogen and oxygen atoms in total. The predicted octanol–water partition coefficient (Wildman–Crippen LogP) is 0.966. The minimum absolute atomic E-state index is 0.210. The van der Waals surface area contributed by atoms with Crippen LogP contribution in [0.25, 0.3) is 0 Å². The molecule has 106 valence electrons. The number of hydrogen-bond acceptors (Lipinski definition) is 3. The minimum atomic E-state index is 0.210. The Kier molecular flexibility index (Phi) is 2.68. The lowest BCUT2D eigenvalue weighted by molar-refractivity contribution is -0.139. The number of carbonyl (C=O) groups excluding carboxylic acids is 1. The summed E-state index contributed by atoms with van der Waals surface area (Å²) < 4.78 is 5.42. The maximum Gasteiger partial charge on any atom is 0.226 e. The van der Waals surface area contributed by atoms with Crippen molar-refractivity contribution in [2.24, 2.45) is 17.8 Å². The lowest BCUT2D eigenvalue weighted by Gasteiger charge is -2.44. The van der Waals surface area contributed by atoms with Gasteiger partial charge >= 0.3 is 0 Å². The summed E-state index contributed by atoms with van der Waals surface area (Å²) in [6.45, 7) is 4.93. The number of ether oxygens (including phenoxy) is 1. The van der Waals surface area contributed by atoms with Crippen LogP contribution in [0.1, 0.15) is 25.7 Å². The Morgan fingerprint density at radius 2 is 1.79 bits per heavy atom. The van der Waals surface area contributed by atoms with Gasteiger partial charge in [0.2, 0.25) is 5.91 Å². The molecule has 4 rings (SSSR count). The highest BCUT2D eigenvalue weighted by Crippen LogP contribution is 2.53. The molecule has 0 radical (unpaired) electrons. The van der Waals surface area contributed by atoms with Crippen molar-refractivity contribution in [2.45, 2.75) is 31.2 Å². The van der Waals surface area contributed by atoms with Gasteiger partial charge in [0.15, 0.2) is 0 Å². The van der Waals surface area contributed by atoms with Gasteiger partial charge in [-0.2, -0.15) is 0 Å². The average Bonchev–Trinajstić information content (AvgIpc) is 2.80. The number of piperidine rings is 1. The third-order valence-electron chi connectivity index (χ3n) is 6.02. The second-order valence-electron chi connectivity index (χ2n) is 7.01. The summed E-state index contributed by atoms with van der Waals surface area (Å²) in [4.78, 5) is 17.5. The van der Waals surface area contributed by atoms with Gasteiger partial charge in [0.1, 0.15) is 0 Å². The summed E-state index contributed by atoms with van der Waals surface area (Å²) in [6, 6.07) is 0. The smallest absolute Gasteiger partial charge is 0.226 e. The molecule has 0 N–H and O–H groups in total. The molecule has 0 aromatic carbocycles. The number of nitrogens with zero attached hydrogens (tertiary/aromatic N) is 2. The summed E-state index contributed by atoms with van der Waals surface area (Å²) in [6.07, 6.45) is 4.78. The second-order valence-corrected chi connectivity index (χ2v) is 7.01. The third-order valence-corrected chi connectivity index (χ3v) is 6.02. The van der Waals surface area contributed by atoms with Gasteiger partial charge in [-0.3, -0.25) is 4.79 Å². The number of likely N-dealkylation sites (tertiary alicyclic amines) is 2. The molecule has 4 aliphatic rings. The number of carbonyl (C=O) groups is 1. The van der Waals surface area contributed by atoms with Crippen LogP contribution in [0.2, 0.25) is 0 Å². The molecule has 4 fully saturated rings. The van der Waals surface area contributed by atoms with Gasteiger partial charge in [-0.05, 0) is 44.6 Å². The van der Waals surface area contributed by atoms with Gasteiger partial charge < -0.3 is 14.5 Å². The molecule has 1 aliphatic carbocycles. The maximum atomic E-state index is 12.8. The van der Waals surface area contributed by atoms with Crippen molar-refractivity contribution in [1.29, 1.82) is 0 Å². The average molecular weight is 264 g/mol. The molecule has 3 heterocycles. The number of amides is 1. The molecular formula is C15H24N2O2. The van der Waals surface area contributed by atoms with Crippen molar-refractivity contribution in [3.63, 3.8) is 0 Å². The number of hydrogen-bond donors (Lipinski definition) is 0. The van der Waals surface area contributed by atoms with Crippen LogP contribution in [0.3, 0.4) is 0 Å². The summed E-state index contributed by atoms with van der Waals surface area (Å²) in [5, 5.41) is 0. The van der Waals surface area contributed by atoms with Crippen LogP contribution in [-0.4, -0.2) is 61.1 Å². The highest BCUT2D eigenvalue weighted by atomic mass is 16.5. The number of rotatable bonds is 1. The molecule has 3 aliphatic heterocycles. The molecule has 0 aromatic heterocycles. The van der Waals surface area contributed by atoms with E-state index in [0.29, 0.717) is 23.7 Å². The summed E-state index contributed by atoms with van der Waals surface area (Å²) in [7, 11) is 2.19. The van der Waals surface area contributed by atoms with Crippen molar-refractivity contribution in [3.05, 3.63) is 0 Å². The highest BCUT2D eigenvalue weighted by Gasteiger charge is 2.61. The van der Waals surface area contributed by atoms with Gasteiger partial charge in [0, 0.05) is 31.1 Å². The summed E-state index contributed by atoms with van der Waals surface area (Å²) >= 11 is 0. The van der Waals surface area contributed by atoms with Crippen molar-refractivity contribution >= 4 is 5.91 Å². The SMILES string of the molecule is CN1CCC2(CCCN2C(=O)C2[C@H]3COC[C@@H]23)CC1. The van der Waals surface area contributed by atoms with Crippen LogP contribution in [0.4, 0.5) is 0 Å². The Morgan fingerprint density at radius 3 is 2.47 bits per heavy atom. The molecule has 1 saturated carbocycles. The zero-order valence-electron chi connectivity index (χ0n) is 11.8. The second kappa shape index (κ2) is 4.19. The van der Waals surface area contributed by atoms with E-state index in [4.69, 9.17) is 4.74 Å². The van der Waals surface area contributed by atoms with Crippen LogP contribution < -0.4 is 0 Å². The van der Waals surface area contributed by atoms with E-state index in [1.807, 2.05) is 0 Å². The van der Waals surface area contributed by atoms with Gasteiger partial charge in [-0.25, -0.2) is 0 Å². The zero-order chi connectivity index (χ0) is 13.0. The topological polar surface area (TPSA) is 32.8 Å². The standard InChI is InChI=1S/C15H24N2O2/c1-16-7-4-15(5-8-16)3-2-6-17(15)14(18)13-11-9-19-10-12(11)13/h11-13H,2-10H2,1H3/t11-,12+,13?. The van der Waals surface area contributed by atoms with Crippen LogP contribution in [0.5, 0.6) is 0 Å². The Hall–Kier alpha value is -0.610. The molecule has 19 heavy (non-hydrogen) atoms. The van der Waals surface area contributed by atoms with Gasteiger partial charge in [0.25, 0.3) is 0 Å². The first-order valence-corrected chi connectivity index (χ1v) is 7.79. The largest absolute Gasteiger partial charge is 0.381 e. The van der Waals surface area contributed by atoms with Crippen LogP contribution in [-0.2, 0) is 9.53 Å². The lowest BCUT2D eigenvalue weighted by atomic mass is 9.85. The maximum absolute atomic E-state index is 12.8. The van der Waals surface area contributed by atoms with Crippen molar-refractivity contribution in [3.8, 4) is 0 Å². The molecule has 3 atom stereocenters. The molecule has 1 unspecified atom stereocenters. The van der Waals surface area contributed by atoms with E-state index in [2.05, 4.69) is 16.8 Å². The summed E-state index contributed by atoms with van der Waals surface area (Å²) in [5.41, 5.74) is 0.210. The molecule has 0 aromatic rings. The monoisotopic (exact) mass is 264 g/mol. The fraction of sp³-hybridized carbons (Fsp3) is 0.933. The quantitative estimate of drug-likeness (QED) is 0.707. The molecular weight excluding hydrogens is 240 g/mol. The molecule has 4 heteroatoms. The zero-order valence-corrected chi connectivity index (χ0v) is 11.8. The van der Waals surface area contributed by atoms with Crippen molar-refractivity contribution in [1.82, 2.24) is 9.80 Å². The van der Waals surface area contributed by atoms with E-state index in [1.165, 1.54) is 25.7 Å². The fourth-order valence-corrected chi connectivity index (χ4v) is 4.62. The van der Waals surface area contributed by atoms with Crippen molar-refractivity contribution < 1.29 is 9.53 Å². The molecule has 0 bridgehead atoms. The molecule has 1 spiro atoms. The van der Waals surface area contributed by atoms with Crippen molar-refractivity contribution in [2.75, 3.05) is 39.9 Å². The van der Waals surface area contributed by atoms with Gasteiger partial charge in [-0.15, -0.1) is 0 Å². The normalized spacial score (nSPS) is 40.7. The Morgan fingerprint density at radius 1 is 1.11 bits per heavy atom. The van der Waals surface area contributed by atoms with E-state index in [-0.39, 0.29) is 5.54 Å². The first kappa shape index (κ1) is 12.2. The minimum Gasteiger partial charge on any atom is -0.381 e. The van der Waals surface area contributed by atoms with Gasteiger partial charge in [0.05, 0.1) is 13.2 Å². The Labute approximate surface area is 115 Å². The van der Waals surface area contributed by atoms with E-state index >= 15 is 0 Å². The van der Waals surface area contributed by atoms with E-state index in [0.717, 1.165) is 32.8 Å². The van der Waals surface area contributed by atoms with E-state index < -0.39 is 0 Å².